The summed E-state index contributed by atoms with van der Waals surface area (Å²) in [5, 5.41) is 0. The van der Waals surface area contributed by atoms with Crippen LogP contribution in [0.1, 0.15) is 22.3 Å². The van der Waals surface area contributed by atoms with Crippen LogP contribution in [0.3, 0.4) is 0 Å². The topological polar surface area (TPSA) is 6.48 Å². The first-order valence-corrected chi connectivity index (χ1v) is 16.1. The molecule has 0 aliphatic carbocycles. The van der Waals surface area contributed by atoms with Gasteiger partial charge in [0.15, 0.2) is 0 Å². The molecule has 0 radical (unpaired) electrons. The molecular weight excluding hydrogens is 555 g/mol. The van der Waals surface area contributed by atoms with Crippen molar-refractivity contribution in [1.29, 1.82) is 0 Å². The first-order chi connectivity index (χ1) is 22.9. The Morgan fingerprint density at radius 3 is 1.09 bits per heavy atom. The fourth-order valence-electron chi connectivity index (χ4n) is 8.70. The zero-order valence-electron chi connectivity index (χ0n) is 25.2. The second-order valence-corrected chi connectivity index (χ2v) is 12.4. The van der Waals surface area contributed by atoms with E-state index in [-0.39, 0.29) is 6.71 Å². The van der Waals surface area contributed by atoms with Gasteiger partial charge in [-0.2, -0.15) is 0 Å². The summed E-state index contributed by atoms with van der Waals surface area (Å²) in [5.41, 5.74) is 16.2. The highest BCUT2D eigenvalue weighted by Crippen LogP contribution is 2.52. The standard InChI is InChI=1S/C43H29BN2/c1-5-16-30(17-6-1)43(31-18-7-2-8-19-31)34-24-13-26-36-40(34)44-41-35(43)25-14-27-37(41)46(33-22-11-4-12-23-33)39-29-15-28-38(42(39)44)45(36)32-20-9-3-10-21-32/h1-29H. The molecular formula is C43H29BN2. The molecule has 0 unspecified atom stereocenters. The average molecular weight is 585 g/mol. The van der Waals surface area contributed by atoms with Gasteiger partial charge in [-0.25, -0.2) is 0 Å². The smallest absolute Gasteiger partial charge is 0.253 e. The quantitative estimate of drug-likeness (QED) is 0.192. The third kappa shape index (κ3) is 3.22. The summed E-state index contributed by atoms with van der Waals surface area (Å²) >= 11 is 0. The summed E-state index contributed by atoms with van der Waals surface area (Å²) in [5.74, 6) is 0. The Morgan fingerprint density at radius 2 is 0.674 bits per heavy atom. The van der Waals surface area contributed by atoms with Crippen molar-refractivity contribution in [3.63, 3.8) is 0 Å². The molecule has 0 spiro atoms. The lowest BCUT2D eigenvalue weighted by Gasteiger charge is -2.52. The van der Waals surface area contributed by atoms with E-state index >= 15 is 0 Å². The normalized spacial score (nSPS) is 14.6. The van der Waals surface area contributed by atoms with Gasteiger partial charge in [0.1, 0.15) is 0 Å². The molecule has 0 saturated carbocycles. The first-order valence-electron chi connectivity index (χ1n) is 16.1. The first kappa shape index (κ1) is 25.5. The van der Waals surface area contributed by atoms with Gasteiger partial charge in [0.2, 0.25) is 0 Å². The fourth-order valence-corrected chi connectivity index (χ4v) is 8.70. The third-order valence-electron chi connectivity index (χ3n) is 10.3. The molecule has 10 rings (SSSR count). The SMILES string of the molecule is c1ccc(N2c3cccc4c3B3c5c2cccc5C(c2ccccc2)(c2ccccc2)c2cccc(c23)N4c2ccccc2)cc1. The van der Waals surface area contributed by atoms with Crippen LogP contribution in [0.4, 0.5) is 34.1 Å². The van der Waals surface area contributed by atoms with Crippen molar-refractivity contribution in [1.82, 2.24) is 0 Å². The monoisotopic (exact) mass is 584 g/mol. The van der Waals surface area contributed by atoms with E-state index in [4.69, 9.17) is 0 Å². The van der Waals surface area contributed by atoms with Gasteiger partial charge in [0.25, 0.3) is 6.71 Å². The predicted molar refractivity (Wildman–Crippen MR) is 192 cm³/mol. The van der Waals surface area contributed by atoms with E-state index in [0.717, 1.165) is 0 Å². The molecule has 0 atom stereocenters. The van der Waals surface area contributed by atoms with Crippen LogP contribution in [-0.2, 0) is 5.41 Å². The van der Waals surface area contributed by atoms with E-state index in [1.54, 1.807) is 0 Å². The van der Waals surface area contributed by atoms with Crippen molar-refractivity contribution < 1.29 is 0 Å². The third-order valence-corrected chi connectivity index (χ3v) is 10.3. The molecule has 2 nitrogen and oxygen atoms in total. The summed E-state index contributed by atoms with van der Waals surface area (Å²) in [4.78, 5) is 4.99. The molecule has 7 aromatic rings. The van der Waals surface area contributed by atoms with Gasteiger partial charge < -0.3 is 9.80 Å². The number of anilines is 6. The zero-order valence-corrected chi connectivity index (χ0v) is 25.2. The largest absolute Gasteiger partial charge is 0.311 e. The average Bonchev–Trinajstić information content (AvgIpc) is 3.13. The Labute approximate surface area is 269 Å². The Hall–Kier alpha value is -5.80. The predicted octanol–water partition coefficient (Wildman–Crippen LogP) is 8.47. The number of rotatable bonds is 4. The lowest BCUT2D eigenvalue weighted by atomic mass is 9.28. The Bertz CT molecular complexity index is 2110. The van der Waals surface area contributed by atoms with Gasteiger partial charge in [-0.15, -0.1) is 0 Å². The molecule has 0 N–H and O–H groups in total. The Morgan fingerprint density at radius 1 is 0.326 bits per heavy atom. The Kier molecular flexibility index (Phi) is 5.33. The van der Waals surface area contributed by atoms with Gasteiger partial charge in [-0.1, -0.05) is 127 Å². The van der Waals surface area contributed by atoms with E-state index in [0.29, 0.717) is 0 Å². The number of hydrogen-bond acceptors (Lipinski definition) is 2. The van der Waals surface area contributed by atoms with Crippen molar-refractivity contribution in [2.45, 2.75) is 5.41 Å². The molecule has 3 heteroatoms. The maximum atomic E-state index is 2.50. The minimum atomic E-state index is -0.510. The van der Waals surface area contributed by atoms with Crippen LogP contribution < -0.4 is 26.2 Å². The molecule has 0 amide bonds. The van der Waals surface area contributed by atoms with E-state index < -0.39 is 5.41 Å². The van der Waals surface area contributed by atoms with Crippen LogP contribution in [0, 0.1) is 0 Å². The summed E-state index contributed by atoms with van der Waals surface area (Å²) < 4.78 is 0. The molecule has 0 fully saturated rings. The second-order valence-electron chi connectivity index (χ2n) is 12.4. The van der Waals surface area contributed by atoms with Gasteiger partial charge in [0, 0.05) is 34.1 Å². The maximum absolute atomic E-state index is 2.50. The number of para-hydroxylation sites is 2. The van der Waals surface area contributed by atoms with E-state index in [9.17, 15) is 0 Å². The summed E-state index contributed by atoms with van der Waals surface area (Å²) in [6, 6.07) is 64.9. The molecule has 0 bridgehead atoms. The van der Waals surface area contributed by atoms with E-state index in [2.05, 4.69) is 186 Å². The van der Waals surface area contributed by atoms with Crippen LogP contribution in [0.15, 0.2) is 176 Å². The van der Waals surface area contributed by atoms with Crippen molar-refractivity contribution in [2.24, 2.45) is 0 Å². The molecule has 3 aliphatic heterocycles. The highest BCUT2D eigenvalue weighted by Gasteiger charge is 2.54. The van der Waals surface area contributed by atoms with Gasteiger partial charge >= 0.3 is 0 Å². The highest BCUT2D eigenvalue weighted by atomic mass is 15.2. The van der Waals surface area contributed by atoms with Gasteiger partial charge in [0.05, 0.1) is 5.41 Å². The van der Waals surface area contributed by atoms with Crippen LogP contribution >= 0.6 is 0 Å². The zero-order chi connectivity index (χ0) is 30.2. The van der Waals surface area contributed by atoms with Crippen LogP contribution in [0.5, 0.6) is 0 Å². The molecule has 214 valence electrons. The lowest BCUT2D eigenvalue weighted by molar-refractivity contribution is 0.750. The number of nitrogens with zero attached hydrogens (tertiary/aromatic N) is 2. The van der Waals surface area contributed by atoms with Crippen LogP contribution in [0.2, 0.25) is 0 Å². The lowest BCUT2D eigenvalue weighted by Crippen LogP contribution is -2.68. The molecule has 0 aromatic heterocycles. The van der Waals surface area contributed by atoms with E-state index in [1.165, 1.54) is 72.8 Å². The summed E-state index contributed by atoms with van der Waals surface area (Å²) in [7, 11) is 0. The van der Waals surface area contributed by atoms with Gasteiger partial charge in [-0.3, -0.25) is 0 Å². The fraction of sp³-hybridized carbons (Fsp3) is 0.0233. The van der Waals surface area contributed by atoms with Crippen LogP contribution in [0.25, 0.3) is 0 Å². The van der Waals surface area contributed by atoms with Crippen molar-refractivity contribution in [3.05, 3.63) is 198 Å². The number of benzene rings is 7. The second kappa shape index (κ2) is 9.60. The van der Waals surface area contributed by atoms with E-state index in [1.807, 2.05) is 0 Å². The molecule has 7 aromatic carbocycles. The minimum Gasteiger partial charge on any atom is -0.311 e. The van der Waals surface area contributed by atoms with Crippen LogP contribution in [-0.4, -0.2) is 6.71 Å². The molecule has 3 aliphatic rings. The summed E-state index contributed by atoms with van der Waals surface area (Å²) in [6.07, 6.45) is 0. The van der Waals surface area contributed by atoms with Crippen molar-refractivity contribution in [3.8, 4) is 0 Å². The van der Waals surface area contributed by atoms with Crippen molar-refractivity contribution >= 4 is 57.2 Å². The minimum absolute atomic E-state index is 0.101. The molecule has 3 heterocycles. The number of hydrogen-bond donors (Lipinski definition) is 0. The van der Waals surface area contributed by atoms with Crippen molar-refractivity contribution in [2.75, 3.05) is 9.80 Å². The molecule has 46 heavy (non-hydrogen) atoms. The summed E-state index contributed by atoms with van der Waals surface area (Å²) in [6.45, 7) is 0.101. The van der Waals surface area contributed by atoms with Gasteiger partial charge in [-0.05, 0) is 87.2 Å². The Balaban J connectivity index is 1.43. The highest BCUT2D eigenvalue weighted by molar-refractivity contribution is 7.01. The maximum Gasteiger partial charge on any atom is 0.253 e. The molecule has 0 saturated heterocycles.